The average Bonchev–Trinajstić information content (AvgIpc) is 2.72. The number of carbonyl (C=O) groups is 1. The third-order valence-corrected chi connectivity index (χ3v) is 3.90. The molecule has 1 atom stereocenters. The van der Waals surface area contributed by atoms with Crippen molar-refractivity contribution in [3.05, 3.63) is 48.0 Å². The van der Waals surface area contributed by atoms with Crippen molar-refractivity contribution in [2.75, 3.05) is 32.9 Å². The summed E-state index contributed by atoms with van der Waals surface area (Å²) in [4.78, 5) is 11.2. The Morgan fingerprint density at radius 2 is 1.83 bits per heavy atom. The van der Waals surface area contributed by atoms with Crippen molar-refractivity contribution >= 4 is 5.91 Å². The highest BCUT2D eigenvalue weighted by molar-refractivity contribution is 5.95. The highest BCUT2D eigenvalue weighted by Crippen LogP contribution is 2.26. The molecular weight excluding hydrogens is 376 g/mol. The molecule has 0 bridgehead atoms. The molecule has 0 spiro atoms. The lowest BCUT2D eigenvalue weighted by Gasteiger charge is -2.16. The molecule has 1 amide bonds. The molecule has 8 heteroatoms. The van der Waals surface area contributed by atoms with Gasteiger partial charge in [-0.15, -0.1) is 0 Å². The molecule has 2 aromatic carbocycles. The van der Waals surface area contributed by atoms with E-state index >= 15 is 0 Å². The van der Waals surface area contributed by atoms with Crippen molar-refractivity contribution < 1.29 is 29.2 Å². The van der Waals surface area contributed by atoms with E-state index in [-0.39, 0.29) is 17.9 Å². The molecule has 0 saturated carbocycles. The number of aliphatic hydroxyl groups excluding tert-OH is 1. The zero-order valence-electron chi connectivity index (χ0n) is 16.5. The standard InChI is InChI=1S/C21H28N2O6/c1-2-10-28-19-5-3-4-6-20(19)29-14-15(24)13-23-9-11-27-16-7-8-18(25)17(12-16)21(22)26/h3-8,12,15,23-25H,2,9-11,13-14H2,1H3,(H2,22,26). The zero-order valence-corrected chi connectivity index (χ0v) is 16.5. The van der Waals surface area contributed by atoms with Crippen LogP contribution in [-0.4, -0.2) is 55.1 Å². The first-order chi connectivity index (χ1) is 14.0. The predicted molar refractivity (Wildman–Crippen MR) is 109 cm³/mol. The van der Waals surface area contributed by atoms with E-state index in [9.17, 15) is 15.0 Å². The van der Waals surface area contributed by atoms with Crippen LogP contribution in [0.25, 0.3) is 0 Å². The van der Waals surface area contributed by atoms with E-state index in [0.29, 0.717) is 43.6 Å². The van der Waals surface area contributed by atoms with Crippen LogP contribution in [-0.2, 0) is 0 Å². The number of hydrogen-bond acceptors (Lipinski definition) is 7. The molecule has 8 nitrogen and oxygen atoms in total. The summed E-state index contributed by atoms with van der Waals surface area (Å²) in [6, 6.07) is 11.6. The van der Waals surface area contributed by atoms with Crippen LogP contribution >= 0.6 is 0 Å². The Bertz CT molecular complexity index is 784. The molecule has 0 radical (unpaired) electrons. The van der Waals surface area contributed by atoms with Crippen LogP contribution in [0.3, 0.4) is 0 Å². The number of nitrogens with two attached hydrogens (primary N) is 1. The van der Waals surface area contributed by atoms with Gasteiger partial charge in [0, 0.05) is 13.1 Å². The smallest absolute Gasteiger partial charge is 0.252 e. The minimum Gasteiger partial charge on any atom is -0.507 e. The second kappa shape index (κ2) is 11.8. The summed E-state index contributed by atoms with van der Waals surface area (Å²) in [7, 11) is 0. The fourth-order valence-corrected chi connectivity index (χ4v) is 2.46. The van der Waals surface area contributed by atoms with Gasteiger partial charge in [-0.1, -0.05) is 19.1 Å². The number of amides is 1. The summed E-state index contributed by atoms with van der Waals surface area (Å²) in [6.07, 6.45) is 0.195. The molecule has 0 saturated heterocycles. The molecule has 29 heavy (non-hydrogen) atoms. The summed E-state index contributed by atoms with van der Waals surface area (Å²) < 4.78 is 16.8. The topological polar surface area (TPSA) is 123 Å². The van der Waals surface area contributed by atoms with E-state index in [1.165, 1.54) is 12.1 Å². The van der Waals surface area contributed by atoms with E-state index in [1.807, 2.05) is 25.1 Å². The van der Waals surface area contributed by atoms with Gasteiger partial charge < -0.3 is 35.5 Å². The Hall–Kier alpha value is -2.97. The second-order valence-electron chi connectivity index (χ2n) is 6.36. The van der Waals surface area contributed by atoms with Gasteiger partial charge in [-0.2, -0.15) is 0 Å². The second-order valence-corrected chi connectivity index (χ2v) is 6.36. The molecule has 0 aliphatic rings. The van der Waals surface area contributed by atoms with Crippen LogP contribution in [0.4, 0.5) is 0 Å². The number of phenols is 1. The number of benzene rings is 2. The first kappa shape index (κ1) is 22.3. The molecule has 1 unspecified atom stereocenters. The number of primary amides is 1. The van der Waals surface area contributed by atoms with Crippen LogP contribution in [0, 0.1) is 0 Å². The first-order valence-electron chi connectivity index (χ1n) is 9.50. The minimum atomic E-state index is -0.726. The van der Waals surface area contributed by atoms with Gasteiger partial charge in [-0.25, -0.2) is 0 Å². The molecule has 2 aromatic rings. The monoisotopic (exact) mass is 404 g/mol. The van der Waals surface area contributed by atoms with Crippen molar-refractivity contribution in [3.8, 4) is 23.0 Å². The lowest BCUT2D eigenvalue weighted by atomic mass is 10.2. The van der Waals surface area contributed by atoms with Gasteiger partial charge in [0.05, 0.1) is 12.2 Å². The zero-order chi connectivity index (χ0) is 21.1. The van der Waals surface area contributed by atoms with Gasteiger partial charge in [-0.05, 0) is 36.8 Å². The molecular formula is C21H28N2O6. The summed E-state index contributed by atoms with van der Waals surface area (Å²) in [5.74, 6) is 0.766. The lowest BCUT2D eigenvalue weighted by Crippen LogP contribution is -2.33. The Morgan fingerprint density at radius 3 is 2.52 bits per heavy atom. The predicted octanol–water partition coefficient (Wildman–Crippen LogP) is 1.69. The number of hydrogen-bond donors (Lipinski definition) is 4. The summed E-state index contributed by atoms with van der Waals surface area (Å²) in [5, 5.41) is 22.7. The summed E-state index contributed by atoms with van der Waals surface area (Å²) in [5.41, 5.74) is 5.19. The van der Waals surface area contributed by atoms with Crippen molar-refractivity contribution in [1.82, 2.24) is 5.32 Å². The largest absolute Gasteiger partial charge is 0.507 e. The van der Waals surface area contributed by atoms with Crippen LogP contribution in [0.1, 0.15) is 23.7 Å². The molecule has 0 fully saturated rings. The molecule has 5 N–H and O–H groups in total. The van der Waals surface area contributed by atoms with Crippen molar-refractivity contribution in [3.63, 3.8) is 0 Å². The Morgan fingerprint density at radius 1 is 1.10 bits per heavy atom. The molecule has 0 aromatic heterocycles. The SMILES string of the molecule is CCCOc1ccccc1OCC(O)CNCCOc1ccc(O)c(C(N)=O)c1. The third kappa shape index (κ3) is 7.52. The molecule has 0 heterocycles. The van der Waals surface area contributed by atoms with Gasteiger partial charge in [-0.3, -0.25) is 4.79 Å². The first-order valence-corrected chi connectivity index (χ1v) is 9.50. The maximum Gasteiger partial charge on any atom is 0.252 e. The molecule has 158 valence electrons. The molecule has 0 aliphatic carbocycles. The molecule has 2 rings (SSSR count). The number of aliphatic hydroxyl groups is 1. The minimum absolute atomic E-state index is 0.00577. The number of carbonyl (C=O) groups excluding carboxylic acids is 1. The average molecular weight is 404 g/mol. The number of nitrogens with one attached hydrogen (secondary N) is 1. The van der Waals surface area contributed by atoms with Crippen LogP contribution < -0.4 is 25.3 Å². The van der Waals surface area contributed by atoms with Gasteiger partial charge in [0.15, 0.2) is 11.5 Å². The van der Waals surface area contributed by atoms with Gasteiger partial charge in [0.1, 0.15) is 30.8 Å². The van der Waals surface area contributed by atoms with E-state index in [1.54, 1.807) is 12.1 Å². The number of ether oxygens (including phenoxy) is 3. The third-order valence-electron chi connectivity index (χ3n) is 3.90. The van der Waals surface area contributed by atoms with Gasteiger partial charge in [0.2, 0.25) is 0 Å². The van der Waals surface area contributed by atoms with Gasteiger partial charge in [0.25, 0.3) is 5.91 Å². The van der Waals surface area contributed by atoms with Crippen molar-refractivity contribution in [1.29, 1.82) is 0 Å². The normalized spacial score (nSPS) is 11.7. The lowest BCUT2D eigenvalue weighted by molar-refractivity contribution is 0.0996. The van der Waals surface area contributed by atoms with Crippen LogP contribution in [0.2, 0.25) is 0 Å². The highest BCUT2D eigenvalue weighted by atomic mass is 16.5. The number of para-hydroxylation sites is 2. The summed E-state index contributed by atoms with van der Waals surface area (Å²) >= 11 is 0. The van der Waals surface area contributed by atoms with Crippen molar-refractivity contribution in [2.45, 2.75) is 19.4 Å². The highest BCUT2D eigenvalue weighted by Gasteiger charge is 2.10. The maximum atomic E-state index is 11.2. The van der Waals surface area contributed by atoms with E-state index in [2.05, 4.69) is 5.32 Å². The van der Waals surface area contributed by atoms with E-state index in [0.717, 1.165) is 6.42 Å². The number of rotatable bonds is 13. The Balaban J connectivity index is 1.67. The fourth-order valence-electron chi connectivity index (χ4n) is 2.46. The van der Waals surface area contributed by atoms with Crippen LogP contribution in [0.15, 0.2) is 42.5 Å². The molecule has 0 aliphatic heterocycles. The Kier molecular flexibility index (Phi) is 9.07. The quantitative estimate of drug-likeness (QED) is 0.375. The van der Waals surface area contributed by atoms with Gasteiger partial charge >= 0.3 is 0 Å². The number of aromatic hydroxyl groups is 1. The van der Waals surface area contributed by atoms with Crippen LogP contribution in [0.5, 0.6) is 23.0 Å². The van der Waals surface area contributed by atoms with E-state index < -0.39 is 12.0 Å². The maximum absolute atomic E-state index is 11.2. The van der Waals surface area contributed by atoms with E-state index in [4.69, 9.17) is 19.9 Å². The summed E-state index contributed by atoms with van der Waals surface area (Å²) in [6.45, 7) is 3.86. The fraction of sp³-hybridized carbons (Fsp3) is 0.381. The van der Waals surface area contributed by atoms with Crippen molar-refractivity contribution in [2.24, 2.45) is 5.73 Å². The Labute approximate surface area is 170 Å².